The van der Waals surface area contributed by atoms with Crippen molar-refractivity contribution in [1.82, 2.24) is 14.7 Å². The molecule has 2 atom stereocenters. The average molecular weight is 342 g/mol. The van der Waals surface area contributed by atoms with Crippen LogP contribution in [0.15, 0.2) is 30.3 Å². The van der Waals surface area contributed by atoms with E-state index in [4.69, 9.17) is 4.74 Å². The fourth-order valence-corrected chi connectivity index (χ4v) is 3.27. The van der Waals surface area contributed by atoms with Gasteiger partial charge in [-0.3, -0.25) is 9.69 Å². The Bertz CT molecular complexity index is 728. The number of aromatic nitrogens is 2. The average Bonchev–Trinajstić information content (AvgIpc) is 2.87. The number of morpholine rings is 1. The van der Waals surface area contributed by atoms with Crippen molar-refractivity contribution in [2.24, 2.45) is 0 Å². The fraction of sp³-hybridized carbons (Fsp3) is 0.474. The first-order valence-electron chi connectivity index (χ1n) is 8.72. The zero-order valence-corrected chi connectivity index (χ0v) is 15.3. The van der Waals surface area contributed by atoms with Crippen LogP contribution in [0.1, 0.15) is 25.1 Å². The van der Waals surface area contributed by atoms with E-state index >= 15 is 0 Å². The van der Waals surface area contributed by atoms with Crippen LogP contribution >= 0.6 is 0 Å². The van der Waals surface area contributed by atoms with Gasteiger partial charge < -0.3 is 10.1 Å². The number of carbonyl (C=O) groups is 1. The van der Waals surface area contributed by atoms with E-state index in [9.17, 15) is 4.79 Å². The molecule has 0 radical (unpaired) electrons. The van der Waals surface area contributed by atoms with Crippen molar-refractivity contribution in [2.45, 2.75) is 39.9 Å². The Morgan fingerprint density at radius 1 is 1.20 bits per heavy atom. The zero-order chi connectivity index (χ0) is 18.0. The van der Waals surface area contributed by atoms with Gasteiger partial charge in [-0.1, -0.05) is 17.7 Å². The van der Waals surface area contributed by atoms with Gasteiger partial charge in [0.05, 0.1) is 30.1 Å². The Morgan fingerprint density at radius 2 is 1.84 bits per heavy atom. The van der Waals surface area contributed by atoms with E-state index in [1.807, 2.05) is 58.0 Å². The number of ether oxygens (including phenoxy) is 1. The molecule has 2 heterocycles. The lowest BCUT2D eigenvalue weighted by atomic mass is 10.2. The number of aryl methyl sites for hydroxylation is 2. The van der Waals surface area contributed by atoms with E-state index in [0.29, 0.717) is 12.4 Å². The highest BCUT2D eigenvalue weighted by Crippen LogP contribution is 2.18. The zero-order valence-electron chi connectivity index (χ0n) is 15.3. The monoisotopic (exact) mass is 342 g/mol. The van der Waals surface area contributed by atoms with Gasteiger partial charge in [-0.05, 0) is 39.8 Å². The largest absolute Gasteiger partial charge is 0.373 e. The summed E-state index contributed by atoms with van der Waals surface area (Å²) >= 11 is 0. The number of nitrogens with zero attached hydrogens (tertiary/aromatic N) is 3. The Balaban J connectivity index is 1.70. The van der Waals surface area contributed by atoms with Crippen LogP contribution in [0.5, 0.6) is 0 Å². The van der Waals surface area contributed by atoms with Crippen molar-refractivity contribution in [1.29, 1.82) is 0 Å². The minimum Gasteiger partial charge on any atom is -0.373 e. The number of hydrogen-bond acceptors (Lipinski definition) is 4. The summed E-state index contributed by atoms with van der Waals surface area (Å²) < 4.78 is 7.49. The molecular formula is C19H26N4O2. The third kappa shape index (κ3) is 4.46. The number of hydrogen-bond donors (Lipinski definition) is 1. The second kappa shape index (κ2) is 7.37. The van der Waals surface area contributed by atoms with Gasteiger partial charge in [-0.25, -0.2) is 4.68 Å². The molecule has 1 amide bonds. The van der Waals surface area contributed by atoms with Crippen molar-refractivity contribution < 1.29 is 9.53 Å². The molecule has 1 aromatic heterocycles. The highest BCUT2D eigenvalue weighted by molar-refractivity contribution is 5.91. The summed E-state index contributed by atoms with van der Waals surface area (Å²) in [4.78, 5) is 14.6. The molecule has 1 aliphatic rings. The van der Waals surface area contributed by atoms with Gasteiger partial charge in [0.2, 0.25) is 5.91 Å². The summed E-state index contributed by atoms with van der Waals surface area (Å²) in [7, 11) is 0. The lowest BCUT2D eigenvalue weighted by Gasteiger charge is -2.34. The Morgan fingerprint density at radius 3 is 2.48 bits per heavy atom. The molecule has 6 heteroatoms. The first-order valence-corrected chi connectivity index (χ1v) is 8.72. The van der Waals surface area contributed by atoms with Crippen LogP contribution in [0, 0.1) is 13.8 Å². The van der Waals surface area contributed by atoms with E-state index < -0.39 is 0 Å². The van der Waals surface area contributed by atoms with Crippen LogP contribution in [0.2, 0.25) is 0 Å². The van der Waals surface area contributed by atoms with E-state index in [1.165, 1.54) is 5.56 Å². The molecule has 0 bridgehead atoms. The van der Waals surface area contributed by atoms with Crippen molar-refractivity contribution >= 4 is 11.7 Å². The molecule has 134 valence electrons. The normalized spacial score (nSPS) is 21.3. The van der Waals surface area contributed by atoms with Crippen LogP contribution in [-0.4, -0.2) is 52.4 Å². The molecule has 1 N–H and O–H groups in total. The molecule has 1 saturated heterocycles. The SMILES string of the molecule is Cc1ccc(-n2nc(C)cc2NC(=O)CN2C[C@H](C)O[C@@H](C)C2)cc1. The maximum Gasteiger partial charge on any atom is 0.239 e. The number of rotatable bonds is 4. The van der Waals surface area contributed by atoms with E-state index in [2.05, 4.69) is 15.3 Å². The smallest absolute Gasteiger partial charge is 0.239 e. The van der Waals surface area contributed by atoms with Gasteiger partial charge in [-0.15, -0.1) is 0 Å². The maximum absolute atomic E-state index is 12.5. The van der Waals surface area contributed by atoms with Crippen molar-refractivity contribution in [3.05, 3.63) is 41.6 Å². The summed E-state index contributed by atoms with van der Waals surface area (Å²) in [6.07, 6.45) is 0.300. The molecule has 2 aromatic rings. The number of carbonyl (C=O) groups excluding carboxylic acids is 1. The van der Waals surface area contributed by atoms with Crippen molar-refractivity contribution in [2.75, 3.05) is 25.0 Å². The van der Waals surface area contributed by atoms with Gasteiger partial charge in [0.25, 0.3) is 0 Å². The number of amides is 1. The summed E-state index contributed by atoms with van der Waals surface area (Å²) in [6.45, 7) is 9.95. The van der Waals surface area contributed by atoms with Crippen molar-refractivity contribution in [3.63, 3.8) is 0 Å². The van der Waals surface area contributed by atoms with E-state index in [0.717, 1.165) is 24.5 Å². The third-order valence-electron chi connectivity index (χ3n) is 4.24. The first kappa shape index (κ1) is 17.6. The highest BCUT2D eigenvalue weighted by Gasteiger charge is 2.24. The minimum absolute atomic E-state index is 0.0328. The van der Waals surface area contributed by atoms with Crippen LogP contribution in [0.3, 0.4) is 0 Å². The third-order valence-corrected chi connectivity index (χ3v) is 4.24. The molecule has 0 saturated carbocycles. The quantitative estimate of drug-likeness (QED) is 0.928. The van der Waals surface area contributed by atoms with Gasteiger partial charge in [0.15, 0.2) is 0 Å². The lowest BCUT2D eigenvalue weighted by molar-refractivity contribution is -0.121. The summed E-state index contributed by atoms with van der Waals surface area (Å²) in [6, 6.07) is 9.97. The first-order chi connectivity index (χ1) is 11.9. The number of nitrogens with one attached hydrogen (secondary N) is 1. The Labute approximate surface area is 148 Å². The highest BCUT2D eigenvalue weighted by atomic mass is 16.5. The minimum atomic E-state index is -0.0328. The number of benzene rings is 1. The number of anilines is 1. The molecule has 1 aromatic carbocycles. The van der Waals surface area contributed by atoms with Gasteiger partial charge >= 0.3 is 0 Å². The van der Waals surface area contributed by atoms with Crippen LogP contribution in [0.4, 0.5) is 5.82 Å². The Hall–Kier alpha value is -2.18. The van der Waals surface area contributed by atoms with E-state index in [1.54, 1.807) is 4.68 Å². The molecule has 3 rings (SSSR count). The van der Waals surface area contributed by atoms with Crippen LogP contribution in [0.25, 0.3) is 5.69 Å². The van der Waals surface area contributed by atoms with Gasteiger partial charge in [0.1, 0.15) is 5.82 Å². The second-order valence-corrected chi connectivity index (χ2v) is 6.92. The molecule has 0 aliphatic carbocycles. The maximum atomic E-state index is 12.5. The summed E-state index contributed by atoms with van der Waals surface area (Å²) in [5.74, 6) is 0.662. The topological polar surface area (TPSA) is 59.4 Å². The van der Waals surface area contributed by atoms with Crippen molar-refractivity contribution in [3.8, 4) is 5.69 Å². The van der Waals surface area contributed by atoms with E-state index in [-0.39, 0.29) is 18.1 Å². The molecule has 0 unspecified atom stereocenters. The molecule has 1 aliphatic heterocycles. The fourth-order valence-electron chi connectivity index (χ4n) is 3.27. The predicted octanol–water partition coefficient (Wildman–Crippen LogP) is 2.54. The molecule has 0 spiro atoms. The summed E-state index contributed by atoms with van der Waals surface area (Å²) in [5.41, 5.74) is 2.99. The second-order valence-electron chi connectivity index (χ2n) is 6.92. The van der Waals surface area contributed by atoms with Gasteiger partial charge in [0, 0.05) is 19.2 Å². The van der Waals surface area contributed by atoms with Crippen LogP contribution in [-0.2, 0) is 9.53 Å². The lowest BCUT2D eigenvalue weighted by Crippen LogP contribution is -2.48. The molecular weight excluding hydrogens is 316 g/mol. The molecule has 1 fully saturated rings. The Kier molecular flexibility index (Phi) is 5.20. The summed E-state index contributed by atoms with van der Waals surface area (Å²) in [5, 5.41) is 7.50. The standard InChI is InChI=1S/C19H26N4O2/c1-13-5-7-17(8-6-13)23-18(9-14(2)21-23)20-19(24)12-22-10-15(3)25-16(4)11-22/h5-9,15-16H,10-12H2,1-4H3,(H,20,24)/t15-,16-/m0/s1. The van der Waals surface area contributed by atoms with Crippen LogP contribution < -0.4 is 5.32 Å². The predicted molar refractivity (Wildman–Crippen MR) is 98.1 cm³/mol. The van der Waals surface area contributed by atoms with Gasteiger partial charge in [-0.2, -0.15) is 5.10 Å². The molecule has 25 heavy (non-hydrogen) atoms. The molecule has 6 nitrogen and oxygen atoms in total.